The van der Waals surface area contributed by atoms with Crippen LogP contribution in [0.1, 0.15) is 0 Å². The van der Waals surface area contributed by atoms with Crippen LogP contribution in [0.3, 0.4) is 0 Å². The van der Waals surface area contributed by atoms with Crippen LogP contribution >= 0.6 is 0 Å². The van der Waals surface area contributed by atoms with Crippen molar-refractivity contribution in [2.24, 2.45) is 0 Å². The van der Waals surface area contributed by atoms with Gasteiger partial charge in [0.25, 0.3) is 0 Å². The Morgan fingerprint density at radius 3 is 2.00 bits per heavy atom. The molecule has 0 aliphatic heterocycles. The van der Waals surface area contributed by atoms with Crippen molar-refractivity contribution >= 4 is 34.5 Å². The molecule has 126 valence electrons. The van der Waals surface area contributed by atoms with E-state index in [4.69, 9.17) is 17.1 Å². The van der Waals surface area contributed by atoms with Gasteiger partial charge < -0.3 is 22.2 Å². The second-order valence-corrected chi connectivity index (χ2v) is 20.2. The largest absolute Gasteiger partial charge is 0.437 e. The molecule has 21 heavy (non-hydrogen) atoms. The van der Waals surface area contributed by atoms with Gasteiger partial charge in [0.15, 0.2) is 17.4 Å². The van der Waals surface area contributed by atoms with Gasteiger partial charge in [-0.15, -0.1) is 6.58 Å². The monoisotopic (exact) mass is 368 g/mol. The van der Waals surface area contributed by atoms with Crippen LogP contribution in [0.2, 0.25) is 44.8 Å². The van der Waals surface area contributed by atoms with Gasteiger partial charge in [0.2, 0.25) is 0 Å². The number of hydrogen-bond donors (Lipinski definition) is 1. The molecule has 5 nitrogen and oxygen atoms in total. The lowest BCUT2D eigenvalue weighted by atomic mass is 10.9. The quantitative estimate of drug-likeness (QED) is 0.567. The van der Waals surface area contributed by atoms with Crippen molar-refractivity contribution < 1.29 is 22.2 Å². The van der Waals surface area contributed by atoms with Crippen LogP contribution in [0.4, 0.5) is 0 Å². The van der Waals surface area contributed by atoms with Crippen LogP contribution < -0.4 is 0 Å². The molecule has 0 saturated carbocycles. The molecule has 0 aromatic carbocycles. The minimum Gasteiger partial charge on any atom is -0.437 e. The summed E-state index contributed by atoms with van der Waals surface area (Å²) in [4.78, 5) is 0. The van der Waals surface area contributed by atoms with E-state index in [9.17, 15) is 5.11 Å². The highest BCUT2D eigenvalue weighted by molar-refractivity contribution is 6.85. The molecule has 9 heteroatoms. The topological polar surface area (TPSA) is 57.2 Å². The Kier molecular flexibility index (Phi) is 9.06. The lowest BCUT2D eigenvalue weighted by molar-refractivity contribution is 0.197. The smallest absolute Gasteiger partial charge is 0.363 e. The van der Waals surface area contributed by atoms with Gasteiger partial charge in [0.05, 0.1) is 6.23 Å². The summed E-state index contributed by atoms with van der Waals surface area (Å²) in [7, 11) is -4.58. The molecule has 0 radical (unpaired) electrons. The molecule has 0 aromatic rings. The lowest BCUT2D eigenvalue weighted by Crippen LogP contribution is -2.51. The fourth-order valence-corrected chi connectivity index (χ4v) is 17.5. The van der Waals surface area contributed by atoms with Crippen molar-refractivity contribution in [3.63, 3.8) is 0 Å². The fourth-order valence-electron chi connectivity index (χ4n) is 2.22. The van der Waals surface area contributed by atoms with Crippen molar-refractivity contribution in [1.29, 1.82) is 0 Å². The third-order valence-electron chi connectivity index (χ3n) is 3.42. The zero-order chi connectivity index (χ0) is 16.7. The average molecular weight is 369 g/mol. The second kappa shape index (κ2) is 8.89. The zero-order valence-electron chi connectivity index (χ0n) is 14.6. The van der Waals surface area contributed by atoms with Gasteiger partial charge >= 0.3 is 17.1 Å². The Morgan fingerprint density at radius 1 is 1.10 bits per heavy atom. The second-order valence-electron chi connectivity index (χ2n) is 6.30. The SMILES string of the molecule is C=C[SiH](C)O[Si](C)(C)O[Si](C)(C)CC[Si](CO)(OC)OC. The third-order valence-corrected chi connectivity index (χ3v) is 17.0. The molecule has 0 amide bonds. The van der Waals surface area contributed by atoms with E-state index < -0.39 is 34.5 Å². The van der Waals surface area contributed by atoms with Crippen LogP contribution in [0, 0.1) is 0 Å². The van der Waals surface area contributed by atoms with E-state index in [1.54, 1.807) is 14.2 Å². The van der Waals surface area contributed by atoms with E-state index in [-0.39, 0.29) is 6.23 Å². The summed E-state index contributed by atoms with van der Waals surface area (Å²) in [5.41, 5.74) is 1.92. The predicted molar refractivity (Wildman–Crippen MR) is 96.8 cm³/mol. The summed E-state index contributed by atoms with van der Waals surface area (Å²) < 4.78 is 23.4. The first-order chi connectivity index (χ1) is 9.55. The number of aliphatic hydroxyl groups is 1. The van der Waals surface area contributed by atoms with Gasteiger partial charge in [0, 0.05) is 14.2 Å². The molecular formula is C12H32O5Si4. The Hall–Kier alpha value is 0.408. The number of rotatable bonds is 11. The summed E-state index contributed by atoms with van der Waals surface area (Å²) >= 11 is 0. The highest BCUT2D eigenvalue weighted by Crippen LogP contribution is 2.25. The predicted octanol–water partition coefficient (Wildman–Crippen LogP) is 2.27. The zero-order valence-corrected chi connectivity index (χ0v) is 18.7. The Morgan fingerprint density at radius 2 is 1.62 bits per heavy atom. The fraction of sp³-hybridized carbons (Fsp3) is 0.833. The minimum absolute atomic E-state index is 0.0256. The van der Waals surface area contributed by atoms with E-state index in [2.05, 4.69) is 39.3 Å². The molecule has 0 spiro atoms. The molecule has 0 aliphatic carbocycles. The van der Waals surface area contributed by atoms with Crippen molar-refractivity contribution in [2.45, 2.75) is 44.8 Å². The van der Waals surface area contributed by atoms with Gasteiger partial charge in [-0.1, -0.05) is 5.70 Å². The molecule has 0 bridgehead atoms. The highest BCUT2D eigenvalue weighted by atomic mass is 28.5. The normalized spacial score (nSPS) is 15.0. The van der Waals surface area contributed by atoms with Gasteiger partial charge in [-0.3, -0.25) is 0 Å². The Bertz CT molecular complexity index is 313. The maximum atomic E-state index is 9.52. The van der Waals surface area contributed by atoms with Crippen molar-refractivity contribution in [2.75, 3.05) is 20.4 Å². The lowest BCUT2D eigenvalue weighted by Gasteiger charge is -2.36. The van der Waals surface area contributed by atoms with Crippen molar-refractivity contribution in [1.82, 2.24) is 0 Å². The maximum absolute atomic E-state index is 9.52. The Balaban J connectivity index is 4.65. The van der Waals surface area contributed by atoms with E-state index in [1.165, 1.54) is 0 Å². The molecule has 0 aliphatic rings. The molecule has 0 fully saturated rings. The van der Waals surface area contributed by atoms with Gasteiger partial charge in [0.1, 0.15) is 0 Å². The van der Waals surface area contributed by atoms with Crippen LogP contribution in [-0.4, -0.2) is 60.0 Å². The van der Waals surface area contributed by atoms with Gasteiger partial charge in [-0.05, 0) is 44.8 Å². The van der Waals surface area contributed by atoms with E-state index >= 15 is 0 Å². The van der Waals surface area contributed by atoms with E-state index in [0.29, 0.717) is 0 Å². The standard InChI is InChI=1S/C12H32O5Si4/c1-9-18(4)16-20(7,8)17-19(5,6)10-11-21(12-13,14-2)15-3/h9,13,18H,1,10-12H2,2-8H3. The van der Waals surface area contributed by atoms with Crippen molar-refractivity contribution in [3.8, 4) is 0 Å². The van der Waals surface area contributed by atoms with E-state index in [0.717, 1.165) is 12.1 Å². The third kappa shape index (κ3) is 8.00. The molecule has 0 heterocycles. The summed E-state index contributed by atoms with van der Waals surface area (Å²) in [5, 5.41) is 9.52. The minimum atomic E-state index is -2.46. The molecule has 0 saturated heterocycles. The molecule has 1 atom stereocenters. The van der Waals surface area contributed by atoms with Crippen LogP contribution in [0.25, 0.3) is 0 Å². The van der Waals surface area contributed by atoms with Gasteiger partial charge in [-0.2, -0.15) is 0 Å². The molecule has 1 N–H and O–H groups in total. The maximum Gasteiger partial charge on any atom is 0.363 e. The first-order valence-electron chi connectivity index (χ1n) is 7.27. The highest BCUT2D eigenvalue weighted by Gasteiger charge is 2.41. The summed E-state index contributed by atoms with van der Waals surface area (Å²) in [6.07, 6.45) is -0.0256. The molecule has 0 rings (SSSR count). The Labute approximate surface area is 134 Å². The average Bonchev–Trinajstić information content (AvgIpc) is 2.39. The summed E-state index contributed by atoms with van der Waals surface area (Å²) in [6, 6.07) is 1.64. The van der Waals surface area contributed by atoms with Crippen molar-refractivity contribution in [3.05, 3.63) is 12.3 Å². The number of hydrogen-bond acceptors (Lipinski definition) is 5. The molecule has 0 aromatic heterocycles. The summed E-state index contributed by atoms with van der Waals surface area (Å²) in [6.45, 7) is 14.5. The molecular weight excluding hydrogens is 336 g/mol. The summed E-state index contributed by atoms with van der Waals surface area (Å²) in [5.74, 6) is 0. The molecule has 1 unspecified atom stereocenters. The first-order valence-corrected chi connectivity index (χ1v) is 17.7. The van der Waals surface area contributed by atoms with Crippen LogP contribution in [0.15, 0.2) is 12.3 Å². The first kappa shape index (κ1) is 21.4. The van der Waals surface area contributed by atoms with Crippen LogP contribution in [0.5, 0.6) is 0 Å². The number of aliphatic hydroxyl groups excluding tert-OH is 1. The van der Waals surface area contributed by atoms with Crippen LogP contribution in [-0.2, 0) is 17.1 Å². The van der Waals surface area contributed by atoms with E-state index in [1.807, 2.05) is 5.70 Å². The van der Waals surface area contributed by atoms with Gasteiger partial charge in [-0.25, -0.2) is 0 Å².